The molecule has 3 unspecified atom stereocenters. The second kappa shape index (κ2) is 6.45. The number of benzene rings is 1. The normalized spacial score (nSPS) is 30.0. The van der Waals surface area contributed by atoms with Crippen molar-refractivity contribution in [1.82, 2.24) is 9.80 Å². The first-order chi connectivity index (χ1) is 12.0. The van der Waals surface area contributed by atoms with Crippen molar-refractivity contribution >= 4 is 11.8 Å². The number of rotatable bonds is 4. The lowest BCUT2D eigenvalue weighted by Gasteiger charge is -2.46. The van der Waals surface area contributed by atoms with E-state index in [1.54, 1.807) is 6.07 Å². The van der Waals surface area contributed by atoms with Gasteiger partial charge >= 0.3 is 0 Å². The molecule has 1 aliphatic heterocycles. The van der Waals surface area contributed by atoms with Crippen LogP contribution in [0.25, 0.3) is 0 Å². The number of amides is 2. The summed E-state index contributed by atoms with van der Waals surface area (Å²) in [6.45, 7) is 5.04. The molecule has 3 atom stereocenters. The molecule has 2 aliphatic carbocycles. The zero-order valence-corrected chi connectivity index (χ0v) is 14.9. The Labute approximate surface area is 149 Å². The van der Waals surface area contributed by atoms with Crippen LogP contribution < -0.4 is 5.73 Å². The van der Waals surface area contributed by atoms with Crippen molar-refractivity contribution in [2.75, 3.05) is 19.6 Å². The zero-order chi connectivity index (χ0) is 17.6. The Bertz CT molecular complexity index is 685. The summed E-state index contributed by atoms with van der Waals surface area (Å²) in [5.41, 5.74) is 6.96. The molecular formula is C20H27N3O2. The summed E-state index contributed by atoms with van der Waals surface area (Å²) < 4.78 is 0. The number of carbonyl (C=O) groups excluding carboxylic acids is 2. The van der Waals surface area contributed by atoms with Gasteiger partial charge in [-0.05, 0) is 49.8 Å². The van der Waals surface area contributed by atoms with Gasteiger partial charge in [0.2, 0.25) is 11.8 Å². The SMILES string of the molecule is CC1CN(C2CCC2)CCN1C(=O)C1CC1c1cccc(C(N)=O)c1. The summed E-state index contributed by atoms with van der Waals surface area (Å²) >= 11 is 0. The van der Waals surface area contributed by atoms with Gasteiger partial charge in [-0.15, -0.1) is 0 Å². The molecule has 1 saturated heterocycles. The van der Waals surface area contributed by atoms with Crippen LogP contribution in [0.15, 0.2) is 24.3 Å². The number of hydrogen-bond acceptors (Lipinski definition) is 3. The first-order valence-electron chi connectivity index (χ1n) is 9.49. The molecule has 0 radical (unpaired) electrons. The van der Waals surface area contributed by atoms with E-state index in [-0.39, 0.29) is 17.7 Å². The van der Waals surface area contributed by atoms with Gasteiger partial charge in [0.1, 0.15) is 0 Å². The third-order valence-corrected chi connectivity index (χ3v) is 6.24. The maximum absolute atomic E-state index is 12.9. The highest BCUT2D eigenvalue weighted by Gasteiger charge is 2.47. The Balaban J connectivity index is 1.38. The molecule has 5 heteroatoms. The van der Waals surface area contributed by atoms with Gasteiger partial charge in [-0.25, -0.2) is 0 Å². The summed E-state index contributed by atoms with van der Waals surface area (Å²) in [4.78, 5) is 29.0. The minimum absolute atomic E-state index is 0.0702. The highest BCUT2D eigenvalue weighted by Crippen LogP contribution is 2.49. The van der Waals surface area contributed by atoms with Crippen LogP contribution in [0.1, 0.15) is 54.4 Å². The summed E-state index contributed by atoms with van der Waals surface area (Å²) in [7, 11) is 0. The third kappa shape index (κ3) is 3.17. The Morgan fingerprint density at radius 2 is 2.00 bits per heavy atom. The molecule has 3 fully saturated rings. The van der Waals surface area contributed by atoms with Crippen LogP contribution in [0.4, 0.5) is 0 Å². The van der Waals surface area contributed by atoms with Crippen molar-refractivity contribution in [2.24, 2.45) is 11.7 Å². The highest BCUT2D eigenvalue weighted by atomic mass is 16.2. The Morgan fingerprint density at radius 1 is 1.20 bits per heavy atom. The monoisotopic (exact) mass is 341 g/mol. The average molecular weight is 341 g/mol. The summed E-state index contributed by atoms with van der Waals surface area (Å²) in [5.74, 6) is 0.186. The maximum Gasteiger partial charge on any atom is 0.248 e. The van der Waals surface area contributed by atoms with Gasteiger partial charge in [-0.2, -0.15) is 0 Å². The van der Waals surface area contributed by atoms with E-state index in [1.807, 2.05) is 18.2 Å². The first kappa shape index (κ1) is 16.6. The molecule has 2 N–H and O–H groups in total. The van der Waals surface area contributed by atoms with E-state index in [0.29, 0.717) is 11.6 Å². The third-order valence-electron chi connectivity index (χ3n) is 6.24. The molecule has 0 bridgehead atoms. The van der Waals surface area contributed by atoms with Gasteiger partial charge in [0.05, 0.1) is 0 Å². The molecule has 2 saturated carbocycles. The highest BCUT2D eigenvalue weighted by molar-refractivity contribution is 5.93. The number of carbonyl (C=O) groups is 2. The minimum Gasteiger partial charge on any atom is -0.366 e. The quantitative estimate of drug-likeness (QED) is 0.910. The van der Waals surface area contributed by atoms with Crippen LogP contribution in [-0.4, -0.2) is 53.3 Å². The van der Waals surface area contributed by atoms with Gasteiger partial charge in [0, 0.05) is 43.2 Å². The lowest BCUT2D eigenvalue weighted by Crippen LogP contribution is -2.58. The van der Waals surface area contributed by atoms with E-state index in [2.05, 4.69) is 16.7 Å². The van der Waals surface area contributed by atoms with Crippen molar-refractivity contribution in [3.63, 3.8) is 0 Å². The second-order valence-corrected chi connectivity index (χ2v) is 7.90. The van der Waals surface area contributed by atoms with Crippen LogP contribution >= 0.6 is 0 Å². The number of nitrogens with zero attached hydrogens (tertiary/aromatic N) is 2. The van der Waals surface area contributed by atoms with Crippen LogP contribution in [-0.2, 0) is 4.79 Å². The number of primary amides is 1. The Kier molecular flexibility index (Phi) is 4.28. The van der Waals surface area contributed by atoms with Crippen molar-refractivity contribution in [3.05, 3.63) is 35.4 Å². The fraction of sp³-hybridized carbons (Fsp3) is 0.600. The summed E-state index contributed by atoms with van der Waals surface area (Å²) in [5, 5.41) is 0. The maximum atomic E-state index is 12.9. The van der Waals surface area contributed by atoms with Crippen LogP contribution in [0, 0.1) is 5.92 Å². The van der Waals surface area contributed by atoms with E-state index in [9.17, 15) is 9.59 Å². The number of nitrogens with two attached hydrogens (primary N) is 1. The van der Waals surface area contributed by atoms with Crippen LogP contribution in [0.2, 0.25) is 0 Å². The van der Waals surface area contributed by atoms with Crippen molar-refractivity contribution < 1.29 is 9.59 Å². The van der Waals surface area contributed by atoms with Crippen LogP contribution in [0.5, 0.6) is 0 Å². The molecule has 1 aromatic carbocycles. The first-order valence-corrected chi connectivity index (χ1v) is 9.49. The molecule has 2 amide bonds. The number of hydrogen-bond donors (Lipinski definition) is 1. The van der Waals surface area contributed by atoms with Gasteiger partial charge in [-0.1, -0.05) is 18.6 Å². The molecule has 1 aromatic rings. The van der Waals surface area contributed by atoms with E-state index in [1.165, 1.54) is 19.3 Å². The van der Waals surface area contributed by atoms with E-state index in [0.717, 1.165) is 37.7 Å². The summed E-state index contributed by atoms with van der Waals surface area (Å²) in [6, 6.07) is 8.48. The van der Waals surface area contributed by atoms with Crippen LogP contribution in [0.3, 0.4) is 0 Å². The Hall–Kier alpha value is -1.88. The zero-order valence-electron chi connectivity index (χ0n) is 14.9. The molecule has 25 heavy (non-hydrogen) atoms. The predicted molar refractivity (Wildman–Crippen MR) is 96.2 cm³/mol. The molecule has 4 rings (SSSR count). The molecule has 3 aliphatic rings. The lowest BCUT2D eigenvalue weighted by molar-refractivity contribution is -0.138. The molecular weight excluding hydrogens is 314 g/mol. The topological polar surface area (TPSA) is 66.6 Å². The lowest BCUT2D eigenvalue weighted by atomic mass is 9.90. The minimum atomic E-state index is -0.411. The molecule has 0 aromatic heterocycles. The van der Waals surface area contributed by atoms with Gasteiger partial charge in [0.15, 0.2) is 0 Å². The van der Waals surface area contributed by atoms with Gasteiger partial charge in [0.25, 0.3) is 0 Å². The van der Waals surface area contributed by atoms with E-state index < -0.39 is 5.91 Å². The fourth-order valence-electron chi connectivity index (χ4n) is 4.37. The van der Waals surface area contributed by atoms with E-state index in [4.69, 9.17) is 5.73 Å². The second-order valence-electron chi connectivity index (χ2n) is 7.90. The largest absolute Gasteiger partial charge is 0.366 e. The van der Waals surface area contributed by atoms with Gasteiger partial charge < -0.3 is 10.6 Å². The average Bonchev–Trinajstić information content (AvgIpc) is 3.33. The van der Waals surface area contributed by atoms with E-state index >= 15 is 0 Å². The fourth-order valence-corrected chi connectivity index (χ4v) is 4.37. The Morgan fingerprint density at radius 3 is 2.64 bits per heavy atom. The standard InChI is InChI=1S/C20H27N3O2/c1-13-12-22(16-6-3-7-16)8-9-23(13)20(25)18-11-17(18)14-4-2-5-15(10-14)19(21)24/h2,4-5,10,13,16-18H,3,6-9,11-12H2,1H3,(H2,21,24). The molecule has 1 heterocycles. The van der Waals surface area contributed by atoms with Gasteiger partial charge in [-0.3, -0.25) is 14.5 Å². The van der Waals surface area contributed by atoms with Crippen molar-refractivity contribution in [2.45, 2.75) is 50.6 Å². The summed E-state index contributed by atoms with van der Waals surface area (Å²) in [6.07, 6.45) is 4.88. The van der Waals surface area contributed by atoms with Crippen molar-refractivity contribution in [3.8, 4) is 0 Å². The predicted octanol–water partition coefficient (Wildman–Crippen LogP) is 1.97. The molecule has 5 nitrogen and oxygen atoms in total. The number of piperazine rings is 1. The molecule has 134 valence electrons. The van der Waals surface area contributed by atoms with Crippen molar-refractivity contribution in [1.29, 1.82) is 0 Å². The molecule has 0 spiro atoms. The smallest absolute Gasteiger partial charge is 0.248 e.